The predicted octanol–water partition coefficient (Wildman–Crippen LogP) is 3.68. The van der Waals surface area contributed by atoms with Crippen molar-refractivity contribution in [2.75, 3.05) is 11.6 Å². The largest absolute Gasteiger partial charge is 0.326 e. The van der Waals surface area contributed by atoms with Crippen molar-refractivity contribution in [3.05, 3.63) is 36.2 Å². The van der Waals surface area contributed by atoms with Gasteiger partial charge in [-0.15, -0.1) is 11.8 Å². The Hall–Kier alpha value is -1.42. The lowest BCUT2D eigenvalue weighted by Crippen LogP contribution is -2.01. The van der Waals surface area contributed by atoms with Gasteiger partial charge in [0.2, 0.25) is 5.95 Å². The number of aromatic nitrogens is 2. The maximum Gasteiger partial charge on any atom is 0.207 e. The number of hydrogen-bond donors (Lipinski definition) is 1. The van der Waals surface area contributed by atoms with Crippen molar-refractivity contribution in [1.29, 1.82) is 0 Å². The van der Waals surface area contributed by atoms with Crippen LogP contribution >= 0.6 is 11.8 Å². The fraction of sp³-hybridized carbons (Fsp3) is 0.308. The lowest BCUT2D eigenvalue weighted by atomic mass is 10.3. The second kappa shape index (κ2) is 5.27. The van der Waals surface area contributed by atoms with Crippen molar-refractivity contribution in [3.8, 4) is 0 Å². The van der Waals surface area contributed by atoms with Crippen LogP contribution in [0.1, 0.15) is 12.6 Å². The van der Waals surface area contributed by atoms with Crippen LogP contribution in [0.4, 0.5) is 11.6 Å². The first-order valence-corrected chi connectivity index (χ1v) is 6.90. The molecule has 3 nitrogen and oxygen atoms in total. The van der Waals surface area contributed by atoms with Gasteiger partial charge in [-0.2, -0.15) is 0 Å². The molecule has 1 aromatic heterocycles. The fourth-order valence-corrected chi connectivity index (χ4v) is 2.10. The first kappa shape index (κ1) is 12.0. The van der Waals surface area contributed by atoms with Crippen molar-refractivity contribution in [3.63, 3.8) is 0 Å². The molecule has 0 amide bonds. The van der Waals surface area contributed by atoms with E-state index in [9.17, 15) is 0 Å². The van der Waals surface area contributed by atoms with Gasteiger partial charge in [0.15, 0.2) is 0 Å². The monoisotopic (exact) mass is 247 g/mol. The number of anilines is 2. The van der Waals surface area contributed by atoms with Crippen LogP contribution < -0.4 is 5.32 Å². The van der Waals surface area contributed by atoms with Crippen molar-refractivity contribution < 1.29 is 0 Å². The Labute approximate surface area is 106 Å². The Bertz CT molecular complexity index is 488. The van der Waals surface area contributed by atoms with Gasteiger partial charge >= 0.3 is 0 Å². The smallest absolute Gasteiger partial charge is 0.207 e. The third kappa shape index (κ3) is 2.82. The molecule has 1 aromatic carbocycles. The molecule has 0 fully saturated rings. The first-order valence-electron chi connectivity index (χ1n) is 5.67. The van der Waals surface area contributed by atoms with Gasteiger partial charge in [0.25, 0.3) is 0 Å². The second-order valence-electron chi connectivity index (χ2n) is 3.85. The quantitative estimate of drug-likeness (QED) is 0.836. The Morgan fingerprint density at radius 1 is 1.29 bits per heavy atom. The molecule has 1 heterocycles. The number of thioether (sulfide) groups is 1. The highest BCUT2D eigenvalue weighted by Crippen LogP contribution is 2.20. The molecule has 17 heavy (non-hydrogen) atoms. The molecule has 4 heteroatoms. The van der Waals surface area contributed by atoms with Crippen LogP contribution in [-0.4, -0.2) is 15.8 Å². The Morgan fingerprint density at radius 2 is 2.00 bits per heavy atom. The predicted molar refractivity (Wildman–Crippen MR) is 74.1 cm³/mol. The minimum absolute atomic E-state index is 0.905. The summed E-state index contributed by atoms with van der Waals surface area (Å²) in [6, 6.07) is 8.38. The van der Waals surface area contributed by atoms with Gasteiger partial charge in [0, 0.05) is 23.3 Å². The van der Waals surface area contributed by atoms with E-state index in [0.717, 1.165) is 23.9 Å². The van der Waals surface area contributed by atoms with Crippen LogP contribution in [0.15, 0.2) is 35.4 Å². The summed E-state index contributed by atoms with van der Waals surface area (Å²) in [6.07, 6.45) is 4.13. The summed E-state index contributed by atoms with van der Waals surface area (Å²) in [5.41, 5.74) is 2.11. The lowest BCUT2D eigenvalue weighted by Gasteiger charge is -2.08. The summed E-state index contributed by atoms with van der Waals surface area (Å²) in [7, 11) is 0. The van der Waals surface area contributed by atoms with Crippen LogP contribution in [0.5, 0.6) is 0 Å². The van der Waals surface area contributed by atoms with Crippen molar-refractivity contribution in [2.45, 2.75) is 25.3 Å². The van der Waals surface area contributed by atoms with E-state index in [2.05, 4.69) is 58.5 Å². The number of nitrogens with zero attached hydrogens (tertiary/aromatic N) is 2. The third-order valence-corrected chi connectivity index (χ3v) is 3.33. The van der Waals surface area contributed by atoms with E-state index in [4.69, 9.17) is 0 Å². The van der Waals surface area contributed by atoms with E-state index >= 15 is 0 Å². The molecular weight excluding hydrogens is 230 g/mol. The minimum atomic E-state index is 0.905. The Balaban J connectivity index is 2.18. The molecule has 0 radical (unpaired) electrons. The van der Waals surface area contributed by atoms with E-state index in [-0.39, 0.29) is 0 Å². The van der Waals surface area contributed by atoms with Crippen molar-refractivity contribution >= 4 is 23.4 Å². The fourth-order valence-electron chi connectivity index (χ4n) is 1.69. The summed E-state index contributed by atoms with van der Waals surface area (Å²) >= 11 is 1.75. The minimum Gasteiger partial charge on any atom is -0.326 e. The standard InChI is InChI=1S/C13H17N3S/c1-4-16-9-10(2)14-13(16)15-11-5-7-12(17-3)8-6-11/h5-9H,4H2,1-3H3,(H,14,15). The number of aryl methyl sites for hydroxylation is 2. The summed E-state index contributed by atoms with van der Waals surface area (Å²) in [5, 5.41) is 3.34. The molecule has 0 aliphatic rings. The van der Waals surface area contributed by atoms with Crippen LogP contribution in [0.2, 0.25) is 0 Å². The van der Waals surface area contributed by atoms with Gasteiger partial charge in [-0.1, -0.05) is 0 Å². The maximum absolute atomic E-state index is 4.47. The van der Waals surface area contributed by atoms with Gasteiger partial charge < -0.3 is 9.88 Å². The zero-order chi connectivity index (χ0) is 12.3. The van der Waals surface area contributed by atoms with E-state index in [1.165, 1.54) is 4.90 Å². The molecule has 1 N–H and O–H groups in total. The Morgan fingerprint density at radius 3 is 2.59 bits per heavy atom. The van der Waals surface area contributed by atoms with Gasteiger partial charge in [-0.3, -0.25) is 0 Å². The second-order valence-corrected chi connectivity index (χ2v) is 4.73. The lowest BCUT2D eigenvalue weighted by molar-refractivity contribution is 0.771. The highest BCUT2D eigenvalue weighted by atomic mass is 32.2. The SMILES string of the molecule is CCn1cc(C)nc1Nc1ccc(SC)cc1. The maximum atomic E-state index is 4.47. The first-order chi connectivity index (χ1) is 8.22. The van der Waals surface area contributed by atoms with Crippen molar-refractivity contribution in [1.82, 2.24) is 9.55 Å². The summed E-state index contributed by atoms with van der Waals surface area (Å²) in [5.74, 6) is 0.905. The third-order valence-electron chi connectivity index (χ3n) is 2.58. The highest BCUT2D eigenvalue weighted by Gasteiger charge is 2.04. The molecule has 0 atom stereocenters. The van der Waals surface area contributed by atoms with E-state index in [1.807, 2.05) is 6.92 Å². The number of rotatable bonds is 4. The molecule has 0 bridgehead atoms. The number of imidazole rings is 1. The van der Waals surface area contributed by atoms with E-state index in [0.29, 0.717) is 0 Å². The molecule has 2 rings (SSSR count). The van der Waals surface area contributed by atoms with Gasteiger partial charge in [0.1, 0.15) is 0 Å². The van der Waals surface area contributed by atoms with Crippen molar-refractivity contribution in [2.24, 2.45) is 0 Å². The van der Waals surface area contributed by atoms with Crippen LogP contribution in [-0.2, 0) is 6.54 Å². The molecule has 90 valence electrons. The topological polar surface area (TPSA) is 29.9 Å². The Kier molecular flexibility index (Phi) is 3.74. The summed E-state index contributed by atoms with van der Waals surface area (Å²) < 4.78 is 2.11. The number of benzene rings is 1. The molecule has 2 aromatic rings. The highest BCUT2D eigenvalue weighted by molar-refractivity contribution is 7.98. The molecule has 0 spiro atoms. The van der Waals surface area contributed by atoms with E-state index in [1.54, 1.807) is 11.8 Å². The molecule has 0 aliphatic carbocycles. The van der Waals surface area contributed by atoms with Crippen LogP contribution in [0.25, 0.3) is 0 Å². The number of nitrogens with one attached hydrogen (secondary N) is 1. The van der Waals surface area contributed by atoms with Crippen LogP contribution in [0.3, 0.4) is 0 Å². The van der Waals surface area contributed by atoms with Gasteiger partial charge in [-0.05, 0) is 44.4 Å². The zero-order valence-electron chi connectivity index (χ0n) is 10.4. The molecule has 0 saturated carbocycles. The number of hydrogen-bond acceptors (Lipinski definition) is 3. The molecule has 0 unspecified atom stereocenters. The molecular formula is C13H17N3S. The van der Waals surface area contributed by atoms with Crippen LogP contribution in [0, 0.1) is 6.92 Å². The van der Waals surface area contributed by atoms with Gasteiger partial charge in [0.05, 0.1) is 5.69 Å². The average Bonchev–Trinajstić information content (AvgIpc) is 2.70. The average molecular weight is 247 g/mol. The summed E-state index contributed by atoms with van der Waals surface area (Å²) in [6.45, 7) is 5.04. The zero-order valence-corrected chi connectivity index (χ0v) is 11.2. The summed E-state index contributed by atoms with van der Waals surface area (Å²) in [4.78, 5) is 5.74. The van der Waals surface area contributed by atoms with E-state index < -0.39 is 0 Å². The molecule has 0 saturated heterocycles. The molecule has 0 aliphatic heterocycles. The normalized spacial score (nSPS) is 10.5. The van der Waals surface area contributed by atoms with Gasteiger partial charge in [-0.25, -0.2) is 4.98 Å².